The van der Waals surface area contributed by atoms with Crippen molar-refractivity contribution < 1.29 is 17.9 Å². The molecule has 0 fully saturated rings. The van der Waals surface area contributed by atoms with E-state index in [1.54, 1.807) is 24.1 Å². The van der Waals surface area contributed by atoms with Crippen LogP contribution in [0.25, 0.3) is 10.2 Å². The molecule has 2 aromatic carbocycles. The van der Waals surface area contributed by atoms with E-state index in [9.17, 15) is 13.2 Å². The topological polar surface area (TPSA) is 83.1 Å². The van der Waals surface area contributed by atoms with Crippen molar-refractivity contribution in [1.82, 2.24) is 14.2 Å². The molecular weight excluding hydrogens is 520 g/mol. The van der Waals surface area contributed by atoms with Crippen LogP contribution in [0.5, 0.6) is 5.75 Å². The van der Waals surface area contributed by atoms with E-state index in [1.165, 1.54) is 27.8 Å². The van der Waals surface area contributed by atoms with E-state index in [4.69, 9.17) is 4.74 Å². The number of aromatic nitrogens is 1. The van der Waals surface area contributed by atoms with E-state index >= 15 is 0 Å². The Kier molecular flexibility index (Phi) is 11.1. The van der Waals surface area contributed by atoms with Crippen LogP contribution >= 0.6 is 23.7 Å². The predicted molar refractivity (Wildman–Crippen MR) is 149 cm³/mol. The van der Waals surface area contributed by atoms with Gasteiger partial charge in [0, 0.05) is 31.7 Å². The average molecular weight is 555 g/mol. The molecule has 0 atom stereocenters. The Morgan fingerprint density at radius 2 is 1.61 bits per heavy atom. The fourth-order valence-electron chi connectivity index (χ4n) is 3.64. The third-order valence-corrected chi connectivity index (χ3v) is 8.47. The first-order valence-corrected chi connectivity index (χ1v) is 14.0. The molecule has 0 radical (unpaired) electrons. The number of ether oxygens (including phenoxy) is 1. The number of carbonyl (C=O) groups excluding carboxylic acids is 1. The number of carbonyl (C=O) groups is 1. The quantitative estimate of drug-likeness (QED) is 0.321. The highest BCUT2D eigenvalue weighted by Gasteiger charge is 2.25. The lowest BCUT2D eigenvalue weighted by Gasteiger charge is -2.23. The van der Waals surface area contributed by atoms with Crippen LogP contribution in [-0.2, 0) is 10.0 Å². The SMILES string of the molecule is CCCN(CCC)S(=O)(=O)c1ccc(C(=O)N(CCN(C)C)c2nc3ccc(OC)cc3s2)cc1.Cl. The molecule has 1 heterocycles. The summed E-state index contributed by atoms with van der Waals surface area (Å²) in [6, 6.07) is 11.8. The van der Waals surface area contributed by atoms with Crippen LogP contribution in [0.15, 0.2) is 47.4 Å². The molecule has 1 aromatic heterocycles. The maximum atomic E-state index is 13.5. The standard InChI is InChI=1S/C25H34N4O4S2.ClH/c1-6-14-28(15-7-2)35(31,32)21-11-8-19(9-12-21)24(30)29(17-16-27(3)4)25-26-22-13-10-20(33-5)18-23(22)34-25;/h8-13,18H,6-7,14-17H2,1-5H3;1H. The first kappa shape index (κ1) is 30.0. The second kappa shape index (κ2) is 13.3. The number of rotatable bonds is 12. The summed E-state index contributed by atoms with van der Waals surface area (Å²) in [7, 11) is 1.91. The van der Waals surface area contributed by atoms with Gasteiger partial charge in [0.15, 0.2) is 5.13 Å². The number of likely N-dealkylation sites (N-methyl/N-ethyl adjacent to an activating group) is 1. The van der Waals surface area contributed by atoms with Crippen LogP contribution in [0.2, 0.25) is 0 Å². The summed E-state index contributed by atoms with van der Waals surface area (Å²) >= 11 is 1.42. The van der Waals surface area contributed by atoms with E-state index in [1.807, 2.05) is 51.0 Å². The highest BCUT2D eigenvalue weighted by atomic mass is 35.5. The Hall–Kier alpha value is -2.24. The van der Waals surface area contributed by atoms with Crippen molar-refractivity contribution in [3.63, 3.8) is 0 Å². The highest BCUT2D eigenvalue weighted by Crippen LogP contribution is 2.32. The summed E-state index contributed by atoms with van der Waals surface area (Å²) < 4.78 is 33.9. The van der Waals surface area contributed by atoms with Gasteiger partial charge in [-0.2, -0.15) is 4.31 Å². The number of thiazole rings is 1. The average Bonchev–Trinajstić information content (AvgIpc) is 3.26. The van der Waals surface area contributed by atoms with Crippen LogP contribution in [0.3, 0.4) is 0 Å². The number of fused-ring (bicyclic) bond motifs is 1. The molecular formula is C25H35ClN4O4S2. The zero-order valence-corrected chi connectivity index (χ0v) is 23.9. The molecule has 1 amide bonds. The summed E-state index contributed by atoms with van der Waals surface area (Å²) in [6.45, 7) is 5.96. The van der Waals surface area contributed by atoms with Crippen LogP contribution in [0, 0.1) is 0 Å². The Morgan fingerprint density at radius 3 is 2.17 bits per heavy atom. The van der Waals surface area contributed by atoms with E-state index in [2.05, 4.69) is 4.98 Å². The van der Waals surface area contributed by atoms with Crippen molar-refractivity contribution >= 4 is 55.0 Å². The number of hydrogen-bond donors (Lipinski definition) is 0. The van der Waals surface area contributed by atoms with Gasteiger partial charge in [-0.25, -0.2) is 13.4 Å². The number of methoxy groups -OCH3 is 1. The van der Waals surface area contributed by atoms with E-state index < -0.39 is 10.0 Å². The molecule has 0 unspecified atom stereocenters. The van der Waals surface area contributed by atoms with Crippen molar-refractivity contribution in [3.05, 3.63) is 48.0 Å². The minimum atomic E-state index is -3.61. The molecule has 0 aliphatic carbocycles. The van der Waals surface area contributed by atoms with Gasteiger partial charge in [0.2, 0.25) is 10.0 Å². The zero-order chi connectivity index (χ0) is 25.6. The van der Waals surface area contributed by atoms with E-state index in [-0.39, 0.29) is 23.2 Å². The Morgan fingerprint density at radius 1 is 0.972 bits per heavy atom. The molecule has 36 heavy (non-hydrogen) atoms. The van der Waals surface area contributed by atoms with E-state index in [0.29, 0.717) is 36.9 Å². The molecule has 11 heteroatoms. The van der Waals surface area contributed by atoms with Crippen LogP contribution < -0.4 is 9.64 Å². The molecule has 0 bridgehead atoms. The van der Waals surface area contributed by atoms with Gasteiger partial charge in [-0.15, -0.1) is 12.4 Å². The van der Waals surface area contributed by atoms with Gasteiger partial charge in [-0.3, -0.25) is 9.69 Å². The molecule has 0 aliphatic heterocycles. The van der Waals surface area contributed by atoms with Crippen molar-refractivity contribution in [2.24, 2.45) is 0 Å². The Labute approximate surface area is 224 Å². The van der Waals surface area contributed by atoms with Gasteiger partial charge < -0.3 is 9.64 Å². The van der Waals surface area contributed by atoms with Crippen LogP contribution in [-0.4, -0.2) is 75.9 Å². The number of hydrogen-bond acceptors (Lipinski definition) is 7. The fourth-order valence-corrected chi connectivity index (χ4v) is 6.29. The molecule has 8 nitrogen and oxygen atoms in total. The normalized spacial score (nSPS) is 11.6. The number of anilines is 1. The molecule has 0 saturated heterocycles. The second-order valence-corrected chi connectivity index (χ2v) is 11.5. The molecule has 0 spiro atoms. The Bertz CT molecular complexity index is 1240. The van der Waals surface area contributed by atoms with Crippen molar-refractivity contribution in [2.45, 2.75) is 31.6 Å². The summed E-state index contributed by atoms with van der Waals surface area (Å²) in [5.41, 5.74) is 1.21. The second-order valence-electron chi connectivity index (χ2n) is 8.52. The van der Waals surface area contributed by atoms with Gasteiger partial charge >= 0.3 is 0 Å². The lowest BCUT2D eigenvalue weighted by atomic mass is 10.2. The minimum Gasteiger partial charge on any atom is -0.497 e. The van der Waals surface area contributed by atoms with Gasteiger partial charge in [0.25, 0.3) is 5.91 Å². The number of halogens is 1. The summed E-state index contributed by atoms with van der Waals surface area (Å²) in [6.07, 6.45) is 1.48. The third kappa shape index (κ3) is 6.95. The number of benzene rings is 2. The predicted octanol–water partition coefficient (Wildman–Crippen LogP) is 4.75. The maximum absolute atomic E-state index is 13.5. The summed E-state index contributed by atoms with van der Waals surface area (Å²) in [5, 5.41) is 0.592. The minimum absolute atomic E-state index is 0. The largest absolute Gasteiger partial charge is 0.497 e. The van der Waals surface area contributed by atoms with Crippen LogP contribution in [0.4, 0.5) is 5.13 Å². The number of amides is 1. The van der Waals surface area contributed by atoms with Crippen LogP contribution in [0.1, 0.15) is 37.0 Å². The summed E-state index contributed by atoms with van der Waals surface area (Å²) in [5.74, 6) is 0.511. The zero-order valence-electron chi connectivity index (χ0n) is 21.4. The molecule has 0 aliphatic rings. The van der Waals surface area contributed by atoms with Gasteiger partial charge in [-0.05, 0) is 69.4 Å². The molecule has 3 aromatic rings. The maximum Gasteiger partial charge on any atom is 0.260 e. The lowest BCUT2D eigenvalue weighted by molar-refractivity contribution is 0.0985. The fraction of sp³-hybridized carbons (Fsp3) is 0.440. The highest BCUT2D eigenvalue weighted by molar-refractivity contribution is 7.89. The molecule has 3 rings (SSSR count). The molecule has 198 valence electrons. The Balaban J connectivity index is 0.00000456. The third-order valence-electron chi connectivity index (χ3n) is 5.52. The lowest BCUT2D eigenvalue weighted by Crippen LogP contribution is -2.36. The van der Waals surface area contributed by atoms with Gasteiger partial charge in [0.1, 0.15) is 5.75 Å². The monoisotopic (exact) mass is 554 g/mol. The summed E-state index contributed by atoms with van der Waals surface area (Å²) in [4.78, 5) is 22.1. The van der Waals surface area contributed by atoms with Crippen molar-refractivity contribution in [2.75, 3.05) is 52.3 Å². The number of sulfonamides is 1. The molecule has 0 saturated carbocycles. The smallest absolute Gasteiger partial charge is 0.260 e. The first-order valence-electron chi connectivity index (χ1n) is 11.7. The van der Waals surface area contributed by atoms with Gasteiger partial charge in [0.05, 0.1) is 22.2 Å². The van der Waals surface area contributed by atoms with Crippen molar-refractivity contribution in [3.8, 4) is 5.75 Å². The molecule has 0 N–H and O–H groups in total. The number of nitrogens with zero attached hydrogens (tertiary/aromatic N) is 4. The van der Waals surface area contributed by atoms with Crippen molar-refractivity contribution in [1.29, 1.82) is 0 Å². The van der Waals surface area contributed by atoms with Gasteiger partial charge in [-0.1, -0.05) is 25.2 Å². The van der Waals surface area contributed by atoms with E-state index in [0.717, 1.165) is 28.8 Å². The first-order chi connectivity index (χ1) is 16.7.